The molecule has 0 aromatic heterocycles. The Labute approximate surface area is 476 Å². The zero-order chi connectivity index (χ0) is 57.4. The maximum absolute atomic E-state index is 13.0. The molecule has 0 bridgehead atoms. The first-order valence-corrected chi connectivity index (χ1v) is 31.0. The van der Waals surface area contributed by atoms with Gasteiger partial charge in [-0.25, -0.2) is 0 Å². The van der Waals surface area contributed by atoms with Crippen molar-refractivity contribution in [3.8, 4) is 0 Å². The molecule has 0 aliphatic carbocycles. The first kappa shape index (κ1) is 72.0. The van der Waals surface area contributed by atoms with E-state index in [1.807, 2.05) is 12.2 Å². The Morgan fingerprint density at radius 3 is 1.23 bits per heavy atom. The summed E-state index contributed by atoms with van der Waals surface area (Å²) in [6.07, 6.45) is 45.2. The van der Waals surface area contributed by atoms with Gasteiger partial charge in [0.15, 0.2) is 18.7 Å². The number of carbonyl (C=O) groups excluding carboxylic acids is 2. The van der Waals surface area contributed by atoms with Gasteiger partial charge in [-0.3, -0.25) is 9.59 Å². The fraction of sp³-hybridized carbons (Fsp3) is 0.781. The van der Waals surface area contributed by atoms with Gasteiger partial charge in [-0.05, 0) is 51.4 Å². The lowest BCUT2D eigenvalue weighted by molar-refractivity contribution is -0.332. The van der Waals surface area contributed by atoms with Gasteiger partial charge in [0.1, 0.15) is 55.4 Å². The van der Waals surface area contributed by atoms with E-state index in [0.29, 0.717) is 19.3 Å². The van der Waals surface area contributed by atoms with E-state index in [1.165, 1.54) is 128 Å². The minimum Gasteiger partial charge on any atom is -0.462 e. The second-order valence-electron chi connectivity index (χ2n) is 21.5. The van der Waals surface area contributed by atoms with Gasteiger partial charge in [-0.1, -0.05) is 234 Å². The fourth-order valence-corrected chi connectivity index (χ4v) is 9.48. The third-order valence-corrected chi connectivity index (χ3v) is 14.5. The van der Waals surface area contributed by atoms with Crippen LogP contribution >= 0.6 is 0 Å². The molecule has 15 nitrogen and oxygen atoms in total. The summed E-state index contributed by atoms with van der Waals surface area (Å²) in [5.74, 6) is -1.02. The van der Waals surface area contributed by atoms with Gasteiger partial charge in [0.05, 0.1) is 19.8 Å². The number of unbranched alkanes of at least 4 members (excludes halogenated alkanes) is 23. The third kappa shape index (κ3) is 36.2. The Hall–Kier alpha value is -3.06. The molecule has 2 fully saturated rings. The number of allylic oxidation sites excluding steroid dienone is 12. The van der Waals surface area contributed by atoms with Crippen molar-refractivity contribution in [3.05, 3.63) is 72.9 Å². The first-order chi connectivity index (χ1) is 38.5. The number of ether oxygens (including phenoxy) is 6. The summed E-state index contributed by atoms with van der Waals surface area (Å²) in [6.45, 7) is 2.43. The van der Waals surface area contributed by atoms with E-state index < -0.39 is 99.3 Å². The average Bonchev–Trinajstić information content (AvgIpc) is 3.52. The summed E-state index contributed by atoms with van der Waals surface area (Å²) in [7, 11) is 0. The molecule has 11 atom stereocenters. The average molecular weight is 1120 g/mol. The van der Waals surface area contributed by atoms with E-state index in [1.54, 1.807) is 0 Å². The van der Waals surface area contributed by atoms with Gasteiger partial charge in [0.2, 0.25) is 0 Å². The summed E-state index contributed by atoms with van der Waals surface area (Å²) < 4.78 is 33.6. The van der Waals surface area contributed by atoms with Crippen LogP contribution in [0.5, 0.6) is 0 Å². The van der Waals surface area contributed by atoms with Crippen LogP contribution in [0.2, 0.25) is 0 Å². The molecule has 0 spiro atoms. The predicted molar refractivity (Wildman–Crippen MR) is 312 cm³/mol. The van der Waals surface area contributed by atoms with Crippen molar-refractivity contribution >= 4 is 11.9 Å². The van der Waals surface area contributed by atoms with Crippen LogP contribution in [0.15, 0.2) is 72.9 Å². The number of carbonyl (C=O) groups is 2. The molecule has 79 heavy (non-hydrogen) atoms. The number of rotatable bonds is 49. The summed E-state index contributed by atoms with van der Waals surface area (Å²) >= 11 is 0. The van der Waals surface area contributed by atoms with Crippen LogP contribution in [-0.4, -0.2) is 142 Å². The Morgan fingerprint density at radius 2 is 0.797 bits per heavy atom. The number of esters is 2. The quantitative estimate of drug-likeness (QED) is 0.0171. The van der Waals surface area contributed by atoms with E-state index in [-0.39, 0.29) is 19.4 Å². The molecule has 2 aliphatic rings. The topological polar surface area (TPSA) is 231 Å². The van der Waals surface area contributed by atoms with Crippen LogP contribution in [0.1, 0.15) is 226 Å². The van der Waals surface area contributed by atoms with Gasteiger partial charge < -0.3 is 64.2 Å². The molecule has 2 saturated heterocycles. The zero-order valence-electron chi connectivity index (χ0n) is 48.8. The Morgan fingerprint density at radius 1 is 0.418 bits per heavy atom. The molecule has 0 aromatic carbocycles. The number of hydrogen-bond donors (Lipinski definition) is 7. The van der Waals surface area contributed by atoms with E-state index in [2.05, 4.69) is 74.6 Å². The molecule has 0 radical (unpaired) electrons. The number of hydrogen-bond acceptors (Lipinski definition) is 15. The van der Waals surface area contributed by atoms with Crippen molar-refractivity contribution < 1.29 is 73.8 Å². The van der Waals surface area contributed by atoms with Crippen LogP contribution in [0.4, 0.5) is 0 Å². The second kappa shape index (κ2) is 49.5. The van der Waals surface area contributed by atoms with Crippen molar-refractivity contribution in [2.45, 2.75) is 293 Å². The molecule has 7 N–H and O–H groups in total. The monoisotopic (exact) mass is 1120 g/mol. The normalized spacial score (nSPS) is 24.4. The molecule has 2 rings (SSSR count). The van der Waals surface area contributed by atoms with E-state index >= 15 is 0 Å². The van der Waals surface area contributed by atoms with Crippen LogP contribution in [0.25, 0.3) is 0 Å². The smallest absolute Gasteiger partial charge is 0.306 e. The van der Waals surface area contributed by atoms with Gasteiger partial charge in [-0.2, -0.15) is 0 Å². The number of aliphatic hydroxyl groups is 7. The van der Waals surface area contributed by atoms with Gasteiger partial charge in [0, 0.05) is 12.8 Å². The van der Waals surface area contributed by atoms with Gasteiger partial charge >= 0.3 is 11.9 Å². The fourth-order valence-electron chi connectivity index (χ4n) is 9.48. The van der Waals surface area contributed by atoms with Gasteiger partial charge in [-0.15, -0.1) is 0 Å². The summed E-state index contributed by atoms with van der Waals surface area (Å²) in [5.41, 5.74) is 0. The minimum atomic E-state index is -1.78. The third-order valence-electron chi connectivity index (χ3n) is 14.5. The predicted octanol–water partition coefficient (Wildman–Crippen LogP) is 11.3. The van der Waals surface area contributed by atoms with E-state index in [0.717, 1.165) is 51.4 Å². The second-order valence-corrected chi connectivity index (χ2v) is 21.5. The number of aliphatic hydroxyl groups excluding tert-OH is 7. The molecular weight excluding hydrogens is 1010 g/mol. The summed E-state index contributed by atoms with van der Waals surface area (Å²) in [5, 5.41) is 72.4. The van der Waals surface area contributed by atoms with Crippen LogP contribution in [0.3, 0.4) is 0 Å². The van der Waals surface area contributed by atoms with Crippen molar-refractivity contribution in [2.24, 2.45) is 0 Å². The lowest BCUT2D eigenvalue weighted by Crippen LogP contribution is -2.61. The molecule has 2 heterocycles. The highest BCUT2D eigenvalue weighted by Gasteiger charge is 2.47. The van der Waals surface area contributed by atoms with Crippen LogP contribution in [0, 0.1) is 0 Å². The highest BCUT2D eigenvalue weighted by Crippen LogP contribution is 2.27. The minimum absolute atomic E-state index is 0.0387. The maximum atomic E-state index is 13.0. The van der Waals surface area contributed by atoms with E-state index in [4.69, 9.17) is 28.4 Å². The lowest BCUT2D eigenvalue weighted by atomic mass is 9.98. The SMILES string of the molecule is CC/C=C\C/C=C\C/C=C\C/C=C\C/C=C\C/C=C\CCC(=O)OC(COC(=O)CCCCCCCCCCCCCCCCCCCCCCCCCC)COC1OC(COC2OC(CO)C(O)C(O)C2O)C(O)C(O)C1O. The van der Waals surface area contributed by atoms with Crippen molar-refractivity contribution in [2.75, 3.05) is 26.4 Å². The molecule has 0 saturated carbocycles. The molecule has 2 aliphatic heterocycles. The highest BCUT2D eigenvalue weighted by molar-refractivity contribution is 5.70. The molecular formula is C64H110O15. The van der Waals surface area contributed by atoms with Crippen molar-refractivity contribution in [1.82, 2.24) is 0 Å². The molecule has 15 heteroatoms. The molecule has 0 aromatic rings. The van der Waals surface area contributed by atoms with Crippen molar-refractivity contribution in [1.29, 1.82) is 0 Å². The Kier molecular flexibility index (Phi) is 45.2. The van der Waals surface area contributed by atoms with E-state index in [9.17, 15) is 45.3 Å². The lowest BCUT2D eigenvalue weighted by Gasteiger charge is -2.42. The molecule has 0 amide bonds. The molecule has 456 valence electrons. The highest BCUT2D eigenvalue weighted by atomic mass is 16.7. The Bertz CT molecular complexity index is 1650. The van der Waals surface area contributed by atoms with Crippen LogP contribution in [-0.2, 0) is 38.0 Å². The zero-order valence-corrected chi connectivity index (χ0v) is 48.8. The molecule has 11 unspecified atom stereocenters. The maximum Gasteiger partial charge on any atom is 0.306 e. The Balaban J connectivity index is 1.74. The first-order valence-electron chi connectivity index (χ1n) is 31.0. The standard InChI is InChI=1S/C64H110O15/c1-3-5-7-9-11-13-15-17-19-21-23-24-25-26-27-29-30-32-34-36-38-40-42-44-46-55(66)74-49-52(77-56(67)47-45-43-41-39-37-35-33-31-28-22-20-18-16-14-12-10-8-6-4-2)50-75-63-62(73)60(71)58(69)54(79-63)51-76-64-61(72)59(70)57(68)53(48-65)78-64/h6,8,12,14,18,20,28,31,35,37,41,43,52-54,57-65,68-73H,3-5,7,9-11,13,15-17,19,21-27,29-30,32-34,36,38-40,42,44-51H2,1-2H3/b8-6-,14-12-,20-18-,31-28-,37-35-,43-41-. The van der Waals surface area contributed by atoms with Gasteiger partial charge in [0.25, 0.3) is 0 Å². The van der Waals surface area contributed by atoms with Crippen molar-refractivity contribution in [3.63, 3.8) is 0 Å². The largest absolute Gasteiger partial charge is 0.462 e. The summed E-state index contributed by atoms with van der Waals surface area (Å²) in [6, 6.07) is 0. The van der Waals surface area contributed by atoms with Crippen LogP contribution < -0.4 is 0 Å². The summed E-state index contributed by atoms with van der Waals surface area (Å²) in [4.78, 5) is 25.9.